The van der Waals surface area contributed by atoms with Gasteiger partial charge in [-0.1, -0.05) is 0 Å². The van der Waals surface area contributed by atoms with Crippen molar-refractivity contribution >= 4 is 23.5 Å². The molecule has 0 aliphatic carbocycles. The summed E-state index contributed by atoms with van der Waals surface area (Å²) >= 11 is 0. The molecule has 6 atom stereocenters. The largest absolute Gasteiger partial charge is 0.490 e. The summed E-state index contributed by atoms with van der Waals surface area (Å²) in [6.07, 6.45) is -6.95. The molecular weight excluding hydrogens is 488 g/mol. The summed E-state index contributed by atoms with van der Waals surface area (Å²) in [5.41, 5.74) is -2.60. The summed E-state index contributed by atoms with van der Waals surface area (Å²) < 4.78 is 63.4. The molecule has 1 aromatic heterocycles. The number of ether oxygens (including phenoxy) is 1. The number of aromatic nitrogens is 2. The van der Waals surface area contributed by atoms with E-state index < -0.39 is 71.7 Å². The van der Waals surface area contributed by atoms with Crippen LogP contribution >= 0.6 is 23.5 Å². The summed E-state index contributed by atoms with van der Waals surface area (Å²) in [6, 6.07) is 0. The smallest absolute Gasteiger partial charge is 0.387 e. The average molecular weight is 502 g/mol. The molecular formula is C9H14FN2O15P3. The highest BCUT2D eigenvalue weighted by Gasteiger charge is 2.46. The van der Waals surface area contributed by atoms with Crippen LogP contribution in [0.2, 0.25) is 0 Å². The van der Waals surface area contributed by atoms with E-state index >= 15 is 0 Å². The number of aromatic amines is 1. The molecule has 4 unspecified atom stereocenters. The van der Waals surface area contributed by atoms with Gasteiger partial charge in [-0.2, -0.15) is 13.0 Å². The molecule has 0 saturated carbocycles. The number of hydrogen-bond donors (Lipinski definition) is 7. The second kappa shape index (κ2) is 8.80. The first-order valence-electron chi connectivity index (χ1n) is 7.32. The molecule has 1 saturated heterocycles. The number of halogens is 1. The Morgan fingerprint density at radius 3 is 2.23 bits per heavy atom. The van der Waals surface area contributed by atoms with E-state index in [2.05, 4.69) is 13.1 Å². The molecule has 2 heterocycles. The third-order valence-corrected chi connectivity index (χ3v) is 7.16. The molecule has 172 valence electrons. The van der Waals surface area contributed by atoms with Gasteiger partial charge in [-0.3, -0.25) is 18.9 Å². The quantitative estimate of drug-likeness (QED) is 0.183. The normalized spacial score (nSPS) is 28.8. The predicted molar refractivity (Wildman–Crippen MR) is 87.0 cm³/mol. The molecule has 17 nitrogen and oxygen atoms in total. The maximum absolute atomic E-state index is 13.4. The van der Waals surface area contributed by atoms with Gasteiger partial charge in [0, 0.05) is 0 Å². The van der Waals surface area contributed by atoms with E-state index in [0.717, 1.165) is 0 Å². The fourth-order valence-corrected chi connectivity index (χ4v) is 5.25. The first kappa shape index (κ1) is 25.2. The molecule has 7 N–H and O–H groups in total. The Kier molecular flexibility index (Phi) is 7.38. The van der Waals surface area contributed by atoms with Crippen LogP contribution in [0.1, 0.15) is 6.23 Å². The third kappa shape index (κ3) is 6.45. The van der Waals surface area contributed by atoms with Crippen LogP contribution in [0.4, 0.5) is 4.39 Å². The van der Waals surface area contributed by atoms with Gasteiger partial charge in [0.15, 0.2) is 6.23 Å². The Morgan fingerprint density at radius 2 is 1.67 bits per heavy atom. The van der Waals surface area contributed by atoms with E-state index in [9.17, 15) is 42.8 Å². The van der Waals surface area contributed by atoms with E-state index in [1.165, 1.54) is 0 Å². The van der Waals surface area contributed by atoms with Crippen molar-refractivity contribution in [3.8, 4) is 0 Å². The van der Waals surface area contributed by atoms with Crippen LogP contribution < -0.4 is 11.2 Å². The Labute approximate surface area is 163 Å². The maximum Gasteiger partial charge on any atom is 0.490 e. The van der Waals surface area contributed by atoms with Gasteiger partial charge >= 0.3 is 29.2 Å². The minimum atomic E-state index is -5.78. The van der Waals surface area contributed by atoms with Gasteiger partial charge in [0.05, 0.1) is 12.8 Å². The molecule has 0 amide bonds. The van der Waals surface area contributed by atoms with Crippen LogP contribution in [0.3, 0.4) is 0 Å². The highest BCUT2D eigenvalue weighted by atomic mass is 31.3. The number of phosphoric ester groups is 1. The summed E-state index contributed by atoms with van der Waals surface area (Å²) in [5, 5.41) is 19.9. The topological polar surface area (TPSA) is 264 Å². The molecule has 0 radical (unpaired) electrons. The van der Waals surface area contributed by atoms with Gasteiger partial charge in [0.2, 0.25) is 5.82 Å². The second-order valence-corrected chi connectivity index (χ2v) is 10.00. The monoisotopic (exact) mass is 502 g/mol. The van der Waals surface area contributed by atoms with E-state index in [1.54, 1.807) is 4.98 Å². The van der Waals surface area contributed by atoms with Crippen LogP contribution in [0.15, 0.2) is 15.8 Å². The maximum atomic E-state index is 13.4. The molecule has 0 aromatic carbocycles. The van der Waals surface area contributed by atoms with Crippen molar-refractivity contribution in [2.24, 2.45) is 0 Å². The molecule has 30 heavy (non-hydrogen) atoms. The minimum Gasteiger partial charge on any atom is -0.387 e. The lowest BCUT2D eigenvalue weighted by Gasteiger charge is -2.19. The third-order valence-electron chi connectivity index (χ3n) is 3.35. The number of aliphatic hydroxyl groups excluding tert-OH is 2. The van der Waals surface area contributed by atoms with E-state index in [1.807, 2.05) is 0 Å². The summed E-state index contributed by atoms with van der Waals surface area (Å²) in [4.78, 5) is 59.5. The SMILES string of the molecule is O=c1[nH]c(=O)n([C@H]2O[C@@H](COP(=O)(O)OP(=O)(O)OP(=O)(O)O)C(O)C2O)cc1F. The van der Waals surface area contributed by atoms with Gasteiger partial charge in [-0.15, -0.1) is 0 Å². The number of aliphatic hydroxyl groups is 2. The average Bonchev–Trinajstić information content (AvgIpc) is 2.81. The summed E-state index contributed by atoms with van der Waals surface area (Å²) in [5.74, 6) is -1.43. The Bertz CT molecular complexity index is 1050. The standard InChI is InChI=1S/C9H14FN2O15P3/c10-3-1-12(9(16)11-7(3)15)8-6(14)5(13)4(25-8)2-24-29(20,21)27-30(22,23)26-28(17,18)19/h1,4-6,8,13-14H,2H2,(H,20,21)(H,22,23)(H,11,15,16)(H2,17,18,19)/t4-,5?,6?,8-/m0/s1. The number of nitrogens with zero attached hydrogens (tertiary/aromatic N) is 1. The Hall–Kier alpha value is -1.10. The van der Waals surface area contributed by atoms with Gasteiger partial charge in [-0.05, 0) is 0 Å². The molecule has 1 aromatic rings. The lowest BCUT2D eigenvalue weighted by atomic mass is 10.1. The van der Waals surface area contributed by atoms with E-state index in [0.29, 0.717) is 10.8 Å². The van der Waals surface area contributed by atoms with Crippen molar-refractivity contribution in [2.75, 3.05) is 6.61 Å². The fourth-order valence-electron chi connectivity index (χ4n) is 2.22. The molecule has 2 rings (SSSR count). The van der Waals surface area contributed by atoms with Crippen molar-refractivity contribution in [3.05, 3.63) is 32.9 Å². The minimum absolute atomic E-state index is 0.368. The predicted octanol–water partition coefficient (Wildman–Crippen LogP) is -2.36. The highest BCUT2D eigenvalue weighted by Crippen LogP contribution is 2.66. The van der Waals surface area contributed by atoms with Gasteiger partial charge in [0.1, 0.15) is 18.3 Å². The Morgan fingerprint density at radius 1 is 1.07 bits per heavy atom. The van der Waals surface area contributed by atoms with Crippen molar-refractivity contribution in [1.29, 1.82) is 0 Å². The van der Waals surface area contributed by atoms with Crippen LogP contribution in [-0.4, -0.2) is 64.3 Å². The number of nitrogens with one attached hydrogen (secondary N) is 1. The van der Waals surface area contributed by atoms with Crippen LogP contribution in [0.5, 0.6) is 0 Å². The lowest BCUT2D eigenvalue weighted by Crippen LogP contribution is -2.38. The van der Waals surface area contributed by atoms with Crippen LogP contribution in [0, 0.1) is 5.82 Å². The van der Waals surface area contributed by atoms with Crippen molar-refractivity contribution in [1.82, 2.24) is 9.55 Å². The van der Waals surface area contributed by atoms with Gasteiger partial charge < -0.3 is 34.5 Å². The van der Waals surface area contributed by atoms with Crippen LogP contribution in [-0.2, 0) is 31.6 Å². The summed E-state index contributed by atoms with van der Waals surface area (Å²) in [7, 11) is -16.9. The number of H-pyrrole nitrogens is 1. The zero-order chi connectivity index (χ0) is 23.1. The first-order chi connectivity index (χ1) is 13.5. The molecule has 0 spiro atoms. The van der Waals surface area contributed by atoms with Crippen LogP contribution in [0.25, 0.3) is 0 Å². The van der Waals surface area contributed by atoms with Crippen molar-refractivity contribution in [3.63, 3.8) is 0 Å². The molecule has 0 bridgehead atoms. The number of hydrogen-bond acceptors (Lipinski definition) is 11. The molecule has 1 aliphatic rings. The highest BCUT2D eigenvalue weighted by molar-refractivity contribution is 7.66. The zero-order valence-corrected chi connectivity index (χ0v) is 16.8. The molecule has 1 aliphatic heterocycles. The summed E-state index contributed by atoms with van der Waals surface area (Å²) in [6.45, 7) is -1.14. The van der Waals surface area contributed by atoms with Crippen molar-refractivity contribution in [2.45, 2.75) is 24.5 Å². The van der Waals surface area contributed by atoms with Gasteiger partial charge in [-0.25, -0.2) is 18.5 Å². The Balaban J connectivity index is 2.09. The van der Waals surface area contributed by atoms with Gasteiger partial charge in [0.25, 0.3) is 5.56 Å². The zero-order valence-electron chi connectivity index (χ0n) is 14.1. The number of phosphoric acid groups is 3. The van der Waals surface area contributed by atoms with Crippen molar-refractivity contribution < 1.29 is 65.8 Å². The van der Waals surface area contributed by atoms with E-state index in [4.69, 9.17) is 19.4 Å². The van der Waals surface area contributed by atoms with E-state index in [-0.39, 0.29) is 0 Å². The second-order valence-electron chi connectivity index (χ2n) is 5.58. The molecule has 1 fully saturated rings. The first-order valence-corrected chi connectivity index (χ1v) is 11.8. The fraction of sp³-hybridized carbons (Fsp3) is 0.556. The molecule has 21 heteroatoms. The lowest BCUT2D eigenvalue weighted by molar-refractivity contribution is -0.0546. The number of rotatable bonds is 8.